The lowest BCUT2D eigenvalue weighted by Gasteiger charge is -1.95. The number of rotatable bonds is 1. The highest BCUT2D eigenvalue weighted by atomic mass is 14.5. The zero-order valence-corrected chi connectivity index (χ0v) is 5.36. The highest BCUT2D eigenvalue weighted by Gasteiger charge is 2.43. The standard InChI is InChI=1S/C7H13/c1-4-6-5-7(6,2)3/h4,6H,5H2,1-3H3. The van der Waals surface area contributed by atoms with Gasteiger partial charge in [0.15, 0.2) is 0 Å². The molecule has 41 valence electrons. The van der Waals surface area contributed by atoms with Crippen molar-refractivity contribution >= 4 is 0 Å². The minimum absolute atomic E-state index is 0.661. The van der Waals surface area contributed by atoms with E-state index in [-0.39, 0.29) is 0 Å². The smallest absolute Gasteiger partial charge is 0.0320 e. The molecule has 1 unspecified atom stereocenters. The molecule has 1 atom stereocenters. The largest absolute Gasteiger partial charge is 0.0620 e. The summed E-state index contributed by atoms with van der Waals surface area (Å²) in [6.07, 6.45) is 3.71. The quantitative estimate of drug-likeness (QED) is 0.470. The molecule has 0 aromatic carbocycles. The summed E-state index contributed by atoms with van der Waals surface area (Å²) in [5.41, 5.74) is 0.661. The summed E-state index contributed by atoms with van der Waals surface area (Å²) in [5.74, 6) is 0.924. The van der Waals surface area contributed by atoms with Gasteiger partial charge in [-0.05, 0) is 24.2 Å². The van der Waals surface area contributed by atoms with Crippen molar-refractivity contribution in [2.75, 3.05) is 0 Å². The summed E-state index contributed by atoms with van der Waals surface area (Å²) in [4.78, 5) is 0. The third-order valence-electron chi connectivity index (χ3n) is 1.99. The molecular weight excluding hydrogens is 84.1 g/mol. The van der Waals surface area contributed by atoms with E-state index in [2.05, 4.69) is 27.2 Å². The van der Waals surface area contributed by atoms with Crippen LogP contribution in [0.15, 0.2) is 0 Å². The monoisotopic (exact) mass is 97.1 g/mol. The van der Waals surface area contributed by atoms with E-state index in [1.807, 2.05) is 0 Å². The van der Waals surface area contributed by atoms with E-state index in [0.29, 0.717) is 5.41 Å². The van der Waals surface area contributed by atoms with Gasteiger partial charge in [-0.1, -0.05) is 20.8 Å². The highest BCUT2D eigenvalue weighted by molar-refractivity contribution is 5.00. The molecule has 0 saturated heterocycles. The molecule has 1 aliphatic rings. The van der Waals surface area contributed by atoms with E-state index < -0.39 is 0 Å². The molecule has 0 N–H and O–H groups in total. The van der Waals surface area contributed by atoms with Crippen molar-refractivity contribution in [3.8, 4) is 0 Å². The fourth-order valence-corrected chi connectivity index (χ4v) is 1.08. The van der Waals surface area contributed by atoms with Gasteiger partial charge in [0.25, 0.3) is 0 Å². The Morgan fingerprint density at radius 1 is 1.57 bits per heavy atom. The molecule has 7 heavy (non-hydrogen) atoms. The summed E-state index contributed by atoms with van der Waals surface area (Å²) < 4.78 is 0. The predicted molar refractivity (Wildman–Crippen MR) is 31.9 cm³/mol. The van der Waals surface area contributed by atoms with Crippen molar-refractivity contribution in [1.29, 1.82) is 0 Å². The first kappa shape index (κ1) is 5.14. The molecule has 0 aromatic rings. The second-order valence-corrected chi connectivity index (χ2v) is 3.13. The average Bonchev–Trinajstić information content (AvgIpc) is 2.13. The highest BCUT2D eigenvalue weighted by Crippen LogP contribution is 2.52. The maximum Gasteiger partial charge on any atom is -0.0320 e. The van der Waals surface area contributed by atoms with Gasteiger partial charge in [-0.3, -0.25) is 0 Å². The van der Waals surface area contributed by atoms with E-state index in [0.717, 1.165) is 5.92 Å². The summed E-state index contributed by atoms with van der Waals surface area (Å²) in [5, 5.41) is 0. The Morgan fingerprint density at radius 2 is 2.00 bits per heavy atom. The van der Waals surface area contributed by atoms with Crippen LogP contribution in [-0.4, -0.2) is 0 Å². The third-order valence-corrected chi connectivity index (χ3v) is 1.99. The minimum Gasteiger partial charge on any atom is -0.0620 e. The molecule has 0 nitrogen and oxygen atoms in total. The lowest BCUT2D eigenvalue weighted by atomic mass is 10.1. The van der Waals surface area contributed by atoms with Crippen molar-refractivity contribution in [2.24, 2.45) is 11.3 Å². The van der Waals surface area contributed by atoms with Crippen molar-refractivity contribution in [3.63, 3.8) is 0 Å². The SMILES string of the molecule is C[CH]C1CC1(C)C. The first-order chi connectivity index (χ1) is 3.17. The van der Waals surface area contributed by atoms with Gasteiger partial charge in [0.05, 0.1) is 0 Å². The van der Waals surface area contributed by atoms with Crippen LogP contribution in [0, 0.1) is 17.8 Å². The lowest BCUT2D eigenvalue weighted by Crippen LogP contribution is -1.86. The molecule has 1 saturated carbocycles. The van der Waals surface area contributed by atoms with Crippen LogP contribution in [-0.2, 0) is 0 Å². The minimum atomic E-state index is 0.661. The lowest BCUT2D eigenvalue weighted by molar-refractivity contribution is 0.595. The van der Waals surface area contributed by atoms with E-state index in [4.69, 9.17) is 0 Å². The second kappa shape index (κ2) is 1.24. The summed E-state index contributed by atoms with van der Waals surface area (Å²) >= 11 is 0. The maximum absolute atomic E-state index is 2.32. The molecule has 0 aliphatic heterocycles. The Kier molecular flexibility index (Phi) is 0.911. The molecule has 0 spiro atoms. The predicted octanol–water partition coefficient (Wildman–Crippen LogP) is 2.26. The molecule has 0 heterocycles. The van der Waals surface area contributed by atoms with Crippen molar-refractivity contribution in [3.05, 3.63) is 6.42 Å². The fourth-order valence-electron chi connectivity index (χ4n) is 1.08. The Morgan fingerprint density at radius 3 is 2.00 bits per heavy atom. The third kappa shape index (κ3) is 0.793. The van der Waals surface area contributed by atoms with Crippen LogP contribution < -0.4 is 0 Å². The van der Waals surface area contributed by atoms with Gasteiger partial charge in [0.1, 0.15) is 0 Å². The average molecular weight is 97.2 g/mol. The van der Waals surface area contributed by atoms with Crippen LogP contribution in [0.4, 0.5) is 0 Å². The van der Waals surface area contributed by atoms with Crippen molar-refractivity contribution in [1.82, 2.24) is 0 Å². The Balaban J connectivity index is 2.30. The molecule has 0 bridgehead atoms. The van der Waals surface area contributed by atoms with E-state index >= 15 is 0 Å². The molecule has 1 fully saturated rings. The first-order valence-electron chi connectivity index (χ1n) is 2.96. The van der Waals surface area contributed by atoms with Crippen LogP contribution >= 0.6 is 0 Å². The Bertz CT molecular complexity index is 72.1. The van der Waals surface area contributed by atoms with Crippen molar-refractivity contribution < 1.29 is 0 Å². The van der Waals surface area contributed by atoms with Gasteiger partial charge in [0.2, 0.25) is 0 Å². The molecule has 0 aromatic heterocycles. The van der Waals surface area contributed by atoms with Crippen LogP contribution in [0.25, 0.3) is 0 Å². The van der Waals surface area contributed by atoms with Crippen LogP contribution in [0.1, 0.15) is 27.2 Å². The fraction of sp³-hybridized carbons (Fsp3) is 0.857. The van der Waals surface area contributed by atoms with Gasteiger partial charge >= 0.3 is 0 Å². The molecule has 0 amide bonds. The van der Waals surface area contributed by atoms with Crippen molar-refractivity contribution in [2.45, 2.75) is 27.2 Å². The summed E-state index contributed by atoms with van der Waals surface area (Å²) in [6, 6.07) is 0. The van der Waals surface area contributed by atoms with E-state index in [1.54, 1.807) is 0 Å². The zero-order chi connectivity index (χ0) is 5.49. The molecule has 0 heteroatoms. The van der Waals surface area contributed by atoms with Crippen LogP contribution in [0.5, 0.6) is 0 Å². The summed E-state index contributed by atoms with van der Waals surface area (Å²) in [6.45, 7) is 6.79. The molecule has 1 aliphatic carbocycles. The summed E-state index contributed by atoms with van der Waals surface area (Å²) in [7, 11) is 0. The molecule has 1 rings (SSSR count). The number of hydrogen-bond acceptors (Lipinski definition) is 0. The Labute approximate surface area is 45.9 Å². The first-order valence-corrected chi connectivity index (χ1v) is 2.96. The number of hydrogen-bond donors (Lipinski definition) is 0. The topological polar surface area (TPSA) is 0 Å². The van der Waals surface area contributed by atoms with Gasteiger partial charge in [0, 0.05) is 0 Å². The van der Waals surface area contributed by atoms with Crippen LogP contribution in [0.2, 0.25) is 0 Å². The maximum atomic E-state index is 2.32. The van der Waals surface area contributed by atoms with Gasteiger partial charge < -0.3 is 0 Å². The molecule has 1 radical (unpaired) electrons. The normalized spacial score (nSPS) is 35.6. The second-order valence-electron chi connectivity index (χ2n) is 3.13. The van der Waals surface area contributed by atoms with Gasteiger partial charge in [-0.2, -0.15) is 0 Å². The van der Waals surface area contributed by atoms with E-state index in [1.165, 1.54) is 6.42 Å². The Hall–Kier alpha value is 0. The van der Waals surface area contributed by atoms with Gasteiger partial charge in [-0.25, -0.2) is 0 Å². The van der Waals surface area contributed by atoms with Gasteiger partial charge in [-0.15, -0.1) is 0 Å². The van der Waals surface area contributed by atoms with E-state index in [9.17, 15) is 0 Å². The molecular formula is C7H13. The zero-order valence-electron chi connectivity index (χ0n) is 5.36. The van der Waals surface area contributed by atoms with Crippen LogP contribution in [0.3, 0.4) is 0 Å².